The van der Waals surface area contributed by atoms with Crippen LogP contribution in [0.5, 0.6) is 0 Å². The monoisotopic (exact) mass is 380 g/mol. The van der Waals surface area contributed by atoms with E-state index in [-0.39, 0.29) is 5.97 Å². The fourth-order valence-electron chi connectivity index (χ4n) is 3.33. The second-order valence-electron chi connectivity index (χ2n) is 6.77. The minimum absolute atomic E-state index is 0.0997. The van der Waals surface area contributed by atoms with Gasteiger partial charge in [-0.05, 0) is 44.0 Å². The molecule has 0 aliphatic carbocycles. The normalized spacial score (nSPS) is 10.9. The molecule has 3 rings (SSSR count). The lowest BCUT2D eigenvalue weighted by Crippen LogP contribution is -2.22. The molecule has 148 valence electrons. The zero-order valence-electron chi connectivity index (χ0n) is 16.7. The number of carbonyl (C=O) groups excluding carboxylic acids is 1. The molecule has 0 aliphatic rings. The Labute approximate surface area is 166 Å². The number of fused-ring (bicyclic) bond motifs is 1. The smallest absolute Gasteiger partial charge is 0.305 e. The van der Waals surface area contributed by atoms with Crippen molar-refractivity contribution in [1.82, 2.24) is 14.5 Å². The van der Waals surface area contributed by atoms with E-state index in [0.29, 0.717) is 13.0 Å². The number of unbranched alkanes of at least 4 members (excludes halogenated alkanes) is 3. The summed E-state index contributed by atoms with van der Waals surface area (Å²) >= 11 is 0. The molecule has 6 heteroatoms. The summed E-state index contributed by atoms with van der Waals surface area (Å²) in [7, 11) is 2.04. The molecular weight excluding hydrogens is 352 g/mol. The van der Waals surface area contributed by atoms with Gasteiger partial charge in [0.15, 0.2) is 0 Å². The number of nitrogens with zero attached hydrogens (tertiary/aromatic N) is 4. The van der Waals surface area contributed by atoms with Crippen LogP contribution >= 0.6 is 0 Å². The van der Waals surface area contributed by atoms with Crippen molar-refractivity contribution >= 4 is 28.8 Å². The SMILES string of the molecule is CCOC(=O)CCCCCCN(c1ccccn1)c1nc2ccccc2n1C. The number of hydrogen-bond acceptors (Lipinski definition) is 5. The summed E-state index contributed by atoms with van der Waals surface area (Å²) in [6, 6.07) is 14.1. The first-order valence-corrected chi connectivity index (χ1v) is 9.96. The van der Waals surface area contributed by atoms with Gasteiger partial charge in [0.05, 0.1) is 17.6 Å². The highest BCUT2D eigenvalue weighted by molar-refractivity contribution is 5.79. The van der Waals surface area contributed by atoms with Crippen molar-refractivity contribution in [1.29, 1.82) is 0 Å². The van der Waals surface area contributed by atoms with Gasteiger partial charge >= 0.3 is 5.97 Å². The molecule has 0 spiro atoms. The third-order valence-corrected chi connectivity index (χ3v) is 4.75. The molecule has 0 radical (unpaired) electrons. The van der Waals surface area contributed by atoms with Crippen molar-refractivity contribution in [2.45, 2.75) is 39.0 Å². The molecule has 0 saturated heterocycles. The van der Waals surface area contributed by atoms with E-state index in [4.69, 9.17) is 9.72 Å². The molecule has 0 amide bonds. The number of pyridine rings is 1. The molecule has 0 fully saturated rings. The Morgan fingerprint density at radius 3 is 2.61 bits per heavy atom. The average molecular weight is 380 g/mol. The number of ether oxygens (including phenoxy) is 1. The van der Waals surface area contributed by atoms with Gasteiger partial charge in [-0.1, -0.05) is 31.0 Å². The van der Waals surface area contributed by atoms with Crippen LogP contribution in [0, 0.1) is 0 Å². The van der Waals surface area contributed by atoms with E-state index < -0.39 is 0 Å². The molecule has 28 heavy (non-hydrogen) atoms. The summed E-state index contributed by atoms with van der Waals surface area (Å²) in [6.45, 7) is 3.12. The number of esters is 1. The van der Waals surface area contributed by atoms with Crippen molar-refractivity contribution in [2.75, 3.05) is 18.1 Å². The predicted octanol–water partition coefficient (Wildman–Crippen LogP) is 4.62. The first-order valence-electron chi connectivity index (χ1n) is 9.96. The van der Waals surface area contributed by atoms with Crippen molar-refractivity contribution in [2.24, 2.45) is 7.05 Å². The van der Waals surface area contributed by atoms with Crippen molar-refractivity contribution < 1.29 is 9.53 Å². The number of anilines is 2. The third kappa shape index (κ3) is 4.88. The van der Waals surface area contributed by atoms with E-state index in [2.05, 4.69) is 20.5 Å². The number of rotatable bonds is 10. The average Bonchev–Trinajstić information content (AvgIpc) is 3.05. The zero-order valence-corrected chi connectivity index (χ0v) is 16.7. The Bertz CT molecular complexity index is 892. The van der Waals surface area contributed by atoms with E-state index >= 15 is 0 Å². The predicted molar refractivity (Wildman–Crippen MR) is 112 cm³/mol. The van der Waals surface area contributed by atoms with E-state index in [1.807, 2.05) is 56.6 Å². The van der Waals surface area contributed by atoms with Gasteiger partial charge in [0.25, 0.3) is 0 Å². The molecule has 0 bridgehead atoms. The van der Waals surface area contributed by atoms with E-state index in [1.165, 1.54) is 0 Å². The second kappa shape index (κ2) is 9.88. The third-order valence-electron chi connectivity index (χ3n) is 4.75. The first kappa shape index (κ1) is 19.9. The number of carbonyl (C=O) groups is 1. The Morgan fingerprint density at radius 1 is 1.07 bits per heavy atom. The largest absolute Gasteiger partial charge is 0.466 e. The molecule has 2 aromatic heterocycles. The fourth-order valence-corrected chi connectivity index (χ4v) is 3.33. The van der Waals surface area contributed by atoms with Crippen molar-refractivity contribution in [3.8, 4) is 0 Å². The number of imidazole rings is 1. The maximum Gasteiger partial charge on any atom is 0.305 e. The molecule has 2 heterocycles. The molecule has 0 N–H and O–H groups in total. The van der Waals surface area contributed by atoms with Crippen LogP contribution in [0.3, 0.4) is 0 Å². The van der Waals surface area contributed by atoms with Crippen LogP contribution in [0.15, 0.2) is 48.7 Å². The highest BCUT2D eigenvalue weighted by Gasteiger charge is 2.17. The summed E-state index contributed by atoms with van der Waals surface area (Å²) in [5.74, 6) is 1.69. The standard InChI is InChI=1S/C22H28N4O2/c1-3-28-21(27)15-6-4-5-11-17-26(20-14-9-10-16-23-20)22-24-18-12-7-8-13-19(18)25(22)2/h7-10,12-14,16H,3-6,11,15,17H2,1-2H3. The topological polar surface area (TPSA) is 60.2 Å². The maximum atomic E-state index is 11.4. The van der Waals surface area contributed by atoms with Crippen LogP contribution in [-0.2, 0) is 16.6 Å². The van der Waals surface area contributed by atoms with Crippen LogP contribution in [-0.4, -0.2) is 33.7 Å². The summed E-state index contributed by atoms with van der Waals surface area (Å²) in [5.41, 5.74) is 2.09. The molecule has 6 nitrogen and oxygen atoms in total. The van der Waals surface area contributed by atoms with Gasteiger partial charge in [-0.3, -0.25) is 9.69 Å². The number of para-hydroxylation sites is 2. The highest BCUT2D eigenvalue weighted by Crippen LogP contribution is 2.26. The second-order valence-corrected chi connectivity index (χ2v) is 6.77. The number of aryl methyl sites for hydroxylation is 1. The summed E-state index contributed by atoms with van der Waals surface area (Å²) in [4.78, 5) is 23.0. The Hall–Kier alpha value is -2.89. The lowest BCUT2D eigenvalue weighted by molar-refractivity contribution is -0.143. The molecule has 0 unspecified atom stereocenters. The van der Waals surface area contributed by atoms with Crippen LogP contribution in [0.25, 0.3) is 11.0 Å². The fraction of sp³-hybridized carbons (Fsp3) is 0.409. The van der Waals surface area contributed by atoms with Crippen LogP contribution in [0.2, 0.25) is 0 Å². The number of benzene rings is 1. The van der Waals surface area contributed by atoms with Gasteiger partial charge in [-0.15, -0.1) is 0 Å². The zero-order chi connectivity index (χ0) is 19.8. The lowest BCUT2D eigenvalue weighted by Gasteiger charge is -2.22. The minimum Gasteiger partial charge on any atom is -0.466 e. The van der Waals surface area contributed by atoms with Crippen molar-refractivity contribution in [3.63, 3.8) is 0 Å². The Kier molecular flexibility index (Phi) is 7.00. The summed E-state index contributed by atoms with van der Waals surface area (Å²) in [6.07, 6.45) is 6.24. The van der Waals surface area contributed by atoms with Crippen LogP contribution in [0.1, 0.15) is 39.0 Å². The number of hydrogen-bond donors (Lipinski definition) is 0. The molecule has 1 aromatic carbocycles. The van der Waals surface area contributed by atoms with Gasteiger partial charge < -0.3 is 9.30 Å². The van der Waals surface area contributed by atoms with Gasteiger partial charge in [-0.2, -0.15) is 0 Å². The van der Waals surface area contributed by atoms with Gasteiger partial charge in [0, 0.05) is 26.2 Å². The molecule has 0 atom stereocenters. The highest BCUT2D eigenvalue weighted by atomic mass is 16.5. The van der Waals surface area contributed by atoms with E-state index in [1.54, 1.807) is 0 Å². The quantitative estimate of drug-likeness (QED) is 0.379. The Balaban J connectivity index is 1.65. The number of aromatic nitrogens is 3. The molecular formula is C22H28N4O2. The Morgan fingerprint density at radius 2 is 1.86 bits per heavy atom. The van der Waals surface area contributed by atoms with Gasteiger partial charge in [-0.25, -0.2) is 9.97 Å². The van der Waals surface area contributed by atoms with Gasteiger partial charge in [0.1, 0.15) is 5.82 Å². The van der Waals surface area contributed by atoms with Crippen LogP contribution < -0.4 is 4.90 Å². The molecule has 3 aromatic rings. The minimum atomic E-state index is -0.0997. The van der Waals surface area contributed by atoms with E-state index in [0.717, 1.165) is 55.0 Å². The summed E-state index contributed by atoms with van der Waals surface area (Å²) < 4.78 is 7.09. The van der Waals surface area contributed by atoms with Crippen molar-refractivity contribution in [3.05, 3.63) is 48.7 Å². The summed E-state index contributed by atoms with van der Waals surface area (Å²) in [5, 5.41) is 0. The van der Waals surface area contributed by atoms with E-state index in [9.17, 15) is 4.79 Å². The molecule has 0 saturated carbocycles. The lowest BCUT2D eigenvalue weighted by atomic mass is 10.1. The first-order chi connectivity index (χ1) is 13.7. The molecule has 0 aliphatic heterocycles. The van der Waals surface area contributed by atoms with Gasteiger partial charge in [0.2, 0.25) is 5.95 Å². The maximum absolute atomic E-state index is 11.4. The van der Waals surface area contributed by atoms with Crippen LogP contribution in [0.4, 0.5) is 11.8 Å².